The summed E-state index contributed by atoms with van der Waals surface area (Å²) in [6, 6.07) is 4.21. The van der Waals surface area contributed by atoms with Crippen molar-refractivity contribution in [2.75, 3.05) is 6.54 Å². The molecular weight excluding hydrogens is 260 g/mol. The van der Waals surface area contributed by atoms with Gasteiger partial charge in [0.2, 0.25) is 6.54 Å². The van der Waals surface area contributed by atoms with Gasteiger partial charge in [-0.15, -0.1) is 0 Å². The molecule has 114 valence electrons. The molecule has 0 unspecified atom stereocenters. The highest BCUT2D eigenvalue weighted by molar-refractivity contribution is 5.74. The highest BCUT2D eigenvalue weighted by Crippen LogP contribution is 2.19. The Morgan fingerprint density at radius 1 is 1.33 bits per heavy atom. The van der Waals surface area contributed by atoms with Gasteiger partial charge in [0.15, 0.2) is 11.9 Å². The van der Waals surface area contributed by atoms with Crippen LogP contribution in [-0.2, 0) is 17.8 Å². The van der Waals surface area contributed by atoms with Gasteiger partial charge in [-0.1, -0.05) is 18.6 Å². The molecule has 1 aliphatic rings. The van der Waals surface area contributed by atoms with Crippen molar-refractivity contribution in [3.8, 4) is 0 Å². The predicted molar refractivity (Wildman–Crippen MR) is 84.9 cm³/mol. The maximum atomic E-state index is 12.1. The topological polar surface area (TPSA) is 33.0 Å². The molecule has 0 saturated carbocycles. The van der Waals surface area contributed by atoms with E-state index in [1.54, 1.807) is 0 Å². The summed E-state index contributed by atoms with van der Waals surface area (Å²) in [5, 5.41) is 3.04. The van der Waals surface area contributed by atoms with E-state index in [0.29, 0.717) is 6.54 Å². The Morgan fingerprint density at radius 3 is 2.90 bits per heavy atom. The van der Waals surface area contributed by atoms with Gasteiger partial charge in [0.1, 0.15) is 0 Å². The molecule has 0 aliphatic heterocycles. The summed E-state index contributed by atoms with van der Waals surface area (Å²) in [5.41, 5.74) is 3.90. The monoisotopic (exact) mass is 287 g/mol. The fraction of sp³-hybridized carbons (Fsp3) is 0.556. The number of allylic oxidation sites excluding steroid dienone is 1. The molecule has 0 aromatic carbocycles. The molecule has 0 radical (unpaired) electrons. The summed E-state index contributed by atoms with van der Waals surface area (Å²) < 4.78 is 2.04. The van der Waals surface area contributed by atoms with Crippen LogP contribution in [0, 0.1) is 6.92 Å². The molecule has 3 heteroatoms. The number of pyridine rings is 1. The first-order valence-corrected chi connectivity index (χ1v) is 8.12. The Bertz CT molecular complexity index is 520. The summed E-state index contributed by atoms with van der Waals surface area (Å²) in [6.45, 7) is 5.35. The van der Waals surface area contributed by atoms with E-state index in [-0.39, 0.29) is 5.91 Å². The van der Waals surface area contributed by atoms with Crippen LogP contribution in [0.1, 0.15) is 50.3 Å². The average molecular weight is 287 g/mol. The second kappa shape index (κ2) is 7.96. The SMILES string of the molecule is CCc1ccc(C)[n+](CC(=O)NCCC2=CCCCC2)c1. The molecule has 21 heavy (non-hydrogen) atoms. The minimum absolute atomic E-state index is 0.104. The molecule has 2 rings (SSSR count). The zero-order valence-electron chi connectivity index (χ0n) is 13.3. The number of amides is 1. The maximum absolute atomic E-state index is 12.1. The van der Waals surface area contributed by atoms with Gasteiger partial charge in [0, 0.05) is 25.1 Å². The Kier molecular flexibility index (Phi) is 5.97. The number of nitrogens with one attached hydrogen (secondary N) is 1. The molecule has 0 spiro atoms. The largest absolute Gasteiger partial charge is 0.350 e. The summed E-state index contributed by atoms with van der Waals surface area (Å²) >= 11 is 0. The lowest BCUT2D eigenvalue weighted by atomic mass is 9.97. The molecule has 1 aromatic heterocycles. The zero-order chi connectivity index (χ0) is 15.1. The van der Waals surface area contributed by atoms with Gasteiger partial charge in [-0.3, -0.25) is 4.79 Å². The van der Waals surface area contributed by atoms with E-state index in [1.807, 2.05) is 11.5 Å². The van der Waals surface area contributed by atoms with E-state index in [4.69, 9.17) is 0 Å². The molecule has 1 heterocycles. The Balaban J connectivity index is 1.80. The van der Waals surface area contributed by atoms with Crippen LogP contribution in [0.2, 0.25) is 0 Å². The van der Waals surface area contributed by atoms with Gasteiger partial charge in [-0.2, -0.15) is 4.57 Å². The third-order valence-electron chi connectivity index (χ3n) is 4.19. The fourth-order valence-corrected chi connectivity index (χ4v) is 2.75. The number of aryl methyl sites for hydroxylation is 2. The van der Waals surface area contributed by atoms with Crippen LogP contribution in [0.5, 0.6) is 0 Å². The van der Waals surface area contributed by atoms with Gasteiger partial charge >= 0.3 is 0 Å². The van der Waals surface area contributed by atoms with Crippen molar-refractivity contribution in [3.05, 3.63) is 41.2 Å². The molecule has 3 nitrogen and oxygen atoms in total. The van der Waals surface area contributed by atoms with Gasteiger partial charge in [-0.05, 0) is 44.6 Å². The first kappa shape index (κ1) is 15.7. The van der Waals surface area contributed by atoms with Crippen molar-refractivity contribution >= 4 is 5.91 Å². The standard InChI is InChI=1S/C18H26N2O/c1-3-16-10-9-15(2)20(13-16)14-18(21)19-12-11-17-7-5-4-6-8-17/h7,9-10,13H,3-6,8,11-12,14H2,1-2H3/p+1. The van der Waals surface area contributed by atoms with E-state index >= 15 is 0 Å². The number of hydrogen-bond donors (Lipinski definition) is 1. The Morgan fingerprint density at radius 2 is 2.19 bits per heavy atom. The van der Waals surface area contributed by atoms with Crippen molar-refractivity contribution in [2.24, 2.45) is 0 Å². The van der Waals surface area contributed by atoms with Crippen molar-refractivity contribution in [1.82, 2.24) is 5.32 Å². The lowest BCUT2D eigenvalue weighted by Crippen LogP contribution is -2.45. The number of carbonyl (C=O) groups excluding carboxylic acids is 1. The lowest BCUT2D eigenvalue weighted by Gasteiger charge is -2.12. The minimum Gasteiger partial charge on any atom is -0.350 e. The molecular formula is C18H27N2O+. The molecule has 0 bridgehead atoms. The number of nitrogens with zero attached hydrogens (tertiary/aromatic N) is 1. The number of rotatable bonds is 6. The average Bonchev–Trinajstić information content (AvgIpc) is 2.50. The van der Waals surface area contributed by atoms with Gasteiger partial charge < -0.3 is 5.32 Å². The Hall–Kier alpha value is -1.64. The fourth-order valence-electron chi connectivity index (χ4n) is 2.75. The molecule has 1 aromatic rings. The number of hydrogen-bond acceptors (Lipinski definition) is 1. The molecule has 1 N–H and O–H groups in total. The van der Waals surface area contributed by atoms with Crippen molar-refractivity contribution in [1.29, 1.82) is 0 Å². The van der Waals surface area contributed by atoms with Crippen LogP contribution in [-0.4, -0.2) is 12.5 Å². The smallest absolute Gasteiger partial charge is 0.286 e. The molecule has 1 amide bonds. The van der Waals surface area contributed by atoms with Crippen molar-refractivity contribution in [2.45, 2.75) is 58.9 Å². The second-order valence-corrected chi connectivity index (χ2v) is 5.87. The van der Waals surface area contributed by atoms with Crippen LogP contribution in [0.15, 0.2) is 30.0 Å². The van der Waals surface area contributed by atoms with Crippen LogP contribution in [0.3, 0.4) is 0 Å². The normalized spacial score (nSPS) is 14.7. The second-order valence-electron chi connectivity index (χ2n) is 5.87. The van der Waals surface area contributed by atoms with Gasteiger partial charge in [0.25, 0.3) is 5.91 Å². The number of carbonyl (C=O) groups is 1. The molecule has 0 atom stereocenters. The van der Waals surface area contributed by atoms with E-state index in [1.165, 1.54) is 36.8 Å². The summed E-state index contributed by atoms with van der Waals surface area (Å²) in [4.78, 5) is 12.1. The van der Waals surface area contributed by atoms with Crippen LogP contribution < -0.4 is 9.88 Å². The van der Waals surface area contributed by atoms with E-state index in [2.05, 4.69) is 36.6 Å². The molecule has 1 aliphatic carbocycles. The van der Waals surface area contributed by atoms with E-state index in [0.717, 1.165) is 25.1 Å². The minimum atomic E-state index is 0.104. The number of aromatic nitrogens is 1. The first-order valence-electron chi connectivity index (χ1n) is 8.12. The van der Waals surface area contributed by atoms with E-state index in [9.17, 15) is 4.79 Å². The third kappa shape index (κ3) is 5.00. The highest BCUT2D eigenvalue weighted by Gasteiger charge is 2.13. The Labute approximate surface area is 128 Å². The van der Waals surface area contributed by atoms with Crippen LogP contribution in [0.4, 0.5) is 0 Å². The third-order valence-corrected chi connectivity index (χ3v) is 4.19. The van der Waals surface area contributed by atoms with Crippen molar-refractivity contribution < 1.29 is 9.36 Å². The van der Waals surface area contributed by atoms with Gasteiger partial charge in [-0.25, -0.2) is 0 Å². The molecule has 0 fully saturated rings. The van der Waals surface area contributed by atoms with Crippen LogP contribution in [0.25, 0.3) is 0 Å². The zero-order valence-corrected chi connectivity index (χ0v) is 13.3. The molecule has 0 saturated heterocycles. The maximum Gasteiger partial charge on any atom is 0.286 e. The van der Waals surface area contributed by atoms with Crippen molar-refractivity contribution in [3.63, 3.8) is 0 Å². The highest BCUT2D eigenvalue weighted by atomic mass is 16.1. The summed E-state index contributed by atoms with van der Waals surface area (Å²) in [7, 11) is 0. The predicted octanol–water partition coefficient (Wildman–Crippen LogP) is 2.85. The summed E-state index contributed by atoms with van der Waals surface area (Å²) in [6.07, 6.45) is 11.5. The lowest BCUT2D eigenvalue weighted by molar-refractivity contribution is -0.690. The van der Waals surface area contributed by atoms with E-state index < -0.39 is 0 Å². The summed E-state index contributed by atoms with van der Waals surface area (Å²) in [5.74, 6) is 0.104. The van der Waals surface area contributed by atoms with Gasteiger partial charge in [0.05, 0.1) is 0 Å². The first-order chi connectivity index (χ1) is 10.2. The van der Waals surface area contributed by atoms with Crippen LogP contribution >= 0.6 is 0 Å². The quantitative estimate of drug-likeness (QED) is 0.633.